The predicted molar refractivity (Wildman–Crippen MR) is 105 cm³/mol. The van der Waals surface area contributed by atoms with Crippen molar-refractivity contribution in [1.29, 1.82) is 0 Å². The minimum Gasteiger partial charge on any atom is -0.495 e. The highest BCUT2D eigenvalue weighted by atomic mass is 35.5. The Kier molecular flexibility index (Phi) is 6.50. The van der Waals surface area contributed by atoms with E-state index in [1.54, 1.807) is 19.2 Å². The number of methoxy groups -OCH3 is 1. The van der Waals surface area contributed by atoms with Gasteiger partial charge in [-0.3, -0.25) is 9.10 Å². The number of ether oxygens (including phenoxy) is 1. The van der Waals surface area contributed by atoms with E-state index >= 15 is 0 Å². The molecule has 0 saturated carbocycles. The van der Waals surface area contributed by atoms with E-state index in [9.17, 15) is 13.2 Å². The number of hydrogen-bond acceptors (Lipinski definition) is 4. The molecule has 6 nitrogen and oxygen atoms in total. The molecule has 140 valence electrons. The van der Waals surface area contributed by atoms with Crippen molar-refractivity contribution >= 4 is 38.9 Å². The summed E-state index contributed by atoms with van der Waals surface area (Å²) in [6, 6.07) is 13.9. The molecule has 2 rings (SSSR count). The van der Waals surface area contributed by atoms with Gasteiger partial charge in [-0.1, -0.05) is 29.8 Å². The molecule has 2 aromatic carbocycles. The summed E-state index contributed by atoms with van der Waals surface area (Å²) in [6.45, 7) is -0.0223. The molecule has 0 spiro atoms. The predicted octanol–water partition coefficient (Wildman–Crippen LogP) is 3.17. The van der Waals surface area contributed by atoms with Crippen molar-refractivity contribution in [3.63, 3.8) is 0 Å². The van der Waals surface area contributed by atoms with E-state index in [1.807, 2.05) is 30.3 Å². The molecule has 0 bridgehead atoms. The zero-order valence-electron chi connectivity index (χ0n) is 14.8. The third kappa shape index (κ3) is 4.89. The third-order valence-corrected chi connectivity index (χ3v) is 5.27. The van der Waals surface area contributed by atoms with Crippen LogP contribution in [0.15, 0.2) is 48.5 Å². The van der Waals surface area contributed by atoms with E-state index in [0.29, 0.717) is 16.5 Å². The molecule has 0 aliphatic carbocycles. The summed E-state index contributed by atoms with van der Waals surface area (Å²) in [7, 11) is -0.528. The van der Waals surface area contributed by atoms with E-state index in [1.165, 1.54) is 18.1 Å². The molecule has 0 aromatic heterocycles. The van der Waals surface area contributed by atoms with Gasteiger partial charge < -0.3 is 9.64 Å². The van der Waals surface area contributed by atoms with Crippen molar-refractivity contribution in [1.82, 2.24) is 0 Å². The summed E-state index contributed by atoms with van der Waals surface area (Å²) in [5.74, 6) is 0.162. The number of carbonyl (C=O) groups excluding carboxylic acids is 1. The largest absolute Gasteiger partial charge is 0.495 e. The number of benzene rings is 2. The van der Waals surface area contributed by atoms with Crippen LogP contribution in [0.5, 0.6) is 5.75 Å². The van der Waals surface area contributed by atoms with Gasteiger partial charge in [-0.25, -0.2) is 8.42 Å². The Morgan fingerprint density at radius 3 is 2.38 bits per heavy atom. The van der Waals surface area contributed by atoms with Crippen LogP contribution in [-0.4, -0.2) is 41.3 Å². The van der Waals surface area contributed by atoms with Gasteiger partial charge in [-0.05, 0) is 30.3 Å². The van der Waals surface area contributed by atoms with Gasteiger partial charge in [0, 0.05) is 30.7 Å². The fourth-order valence-corrected chi connectivity index (χ4v) is 3.57. The molecule has 0 aliphatic heterocycles. The highest BCUT2D eigenvalue weighted by Crippen LogP contribution is 2.33. The van der Waals surface area contributed by atoms with E-state index in [0.717, 1.165) is 16.2 Å². The van der Waals surface area contributed by atoms with Crippen molar-refractivity contribution in [2.75, 3.05) is 36.2 Å². The molecule has 2 aromatic rings. The van der Waals surface area contributed by atoms with Crippen LogP contribution < -0.4 is 13.9 Å². The summed E-state index contributed by atoms with van der Waals surface area (Å²) in [6.07, 6.45) is 1.09. The molecule has 0 aliphatic rings. The maximum atomic E-state index is 12.5. The van der Waals surface area contributed by atoms with Gasteiger partial charge in [0.25, 0.3) is 0 Å². The zero-order valence-corrected chi connectivity index (χ0v) is 16.4. The number of hydrogen-bond donors (Lipinski definition) is 0. The van der Waals surface area contributed by atoms with Gasteiger partial charge in [0.1, 0.15) is 5.75 Å². The van der Waals surface area contributed by atoms with Gasteiger partial charge in [0.05, 0.1) is 19.1 Å². The highest BCUT2D eigenvalue weighted by Gasteiger charge is 2.23. The maximum Gasteiger partial charge on any atom is 0.232 e. The van der Waals surface area contributed by atoms with Crippen LogP contribution in [0.25, 0.3) is 0 Å². The number of anilines is 2. The summed E-state index contributed by atoms with van der Waals surface area (Å²) in [5.41, 5.74) is 1.04. The van der Waals surface area contributed by atoms with Crippen LogP contribution in [0.2, 0.25) is 5.02 Å². The fraction of sp³-hybridized carbons (Fsp3) is 0.278. The Bertz CT molecular complexity index is 872. The Morgan fingerprint density at radius 2 is 1.81 bits per heavy atom. The summed E-state index contributed by atoms with van der Waals surface area (Å²) >= 11 is 6.01. The molecular formula is C18H21ClN2O4S. The Balaban J connectivity index is 2.23. The molecule has 1 amide bonds. The Labute approximate surface area is 159 Å². The molecule has 0 saturated heterocycles. The number of para-hydroxylation sites is 1. The lowest BCUT2D eigenvalue weighted by atomic mass is 10.2. The number of nitrogens with zero attached hydrogens (tertiary/aromatic N) is 2. The van der Waals surface area contributed by atoms with Crippen LogP contribution in [0.3, 0.4) is 0 Å². The van der Waals surface area contributed by atoms with Gasteiger partial charge >= 0.3 is 0 Å². The first-order valence-electron chi connectivity index (χ1n) is 7.87. The molecule has 0 N–H and O–H groups in total. The minimum atomic E-state index is -3.63. The van der Waals surface area contributed by atoms with Crippen molar-refractivity contribution < 1.29 is 17.9 Å². The molecule has 0 atom stereocenters. The molecule has 8 heteroatoms. The van der Waals surface area contributed by atoms with E-state index in [4.69, 9.17) is 16.3 Å². The Morgan fingerprint density at radius 1 is 1.15 bits per heavy atom. The number of amides is 1. The fourth-order valence-electron chi connectivity index (χ4n) is 2.48. The Hall–Kier alpha value is -2.25. The second kappa shape index (κ2) is 8.42. The second-order valence-corrected chi connectivity index (χ2v) is 8.03. The molecular weight excluding hydrogens is 376 g/mol. The van der Waals surface area contributed by atoms with E-state index < -0.39 is 10.0 Å². The molecule has 0 fully saturated rings. The first-order valence-corrected chi connectivity index (χ1v) is 10.1. The normalized spacial score (nSPS) is 11.1. The second-order valence-electron chi connectivity index (χ2n) is 5.69. The van der Waals surface area contributed by atoms with Crippen molar-refractivity contribution in [2.24, 2.45) is 0 Å². The zero-order chi connectivity index (χ0) is 19.3. The van der Waals surface area contributed by atoms with Gasteiger partial charge in [-0.2, -0.15) is 0 Å². The standard InChI is InChI=1S/C18H21ClN2O4S/c1-20(15-7-5-4-6-8-15)18(22)11-12-21(26(3,23)24)16-13-14(19)9-10-17(16)25-2/h4-10,13H,11-12H2,1-3H3. The first kappa shape index (κ1) is 20.1. The van der Waals surface area contributed by atoms with Crippen molar-refractivity contribution in [3.05, 3.63) is 53.6 Å². The number of carbonyl (C=O) groups is 1. The average molecular weight is 397 g/mol. The lowest BCUT2D eigenvalue weighted by Crippen LogP contribution is -2.35. The maximum absolute atomic E-state index is 12.5. The van der Waals surface area contributed by atoms with Crippen LogP contribution in [-0.2, 0) is 14.8 Å². The molecule has 26 heavy (non-hydrogen) atoms. The van der Waals surface area contributed by atoms with E-state index in [2.05, 4.69) is 0 Å². The van der Waals surface area contributed by atoms with Crippen molar-refractivity contribution in [2.45, 2.75) is 6.42 Å². The van der Waals surface area contributed by atoms with Crippen molar-refractivity contribution in [3.8, 4) is 5.75 Å². The number of rotatable bonds is 7. The van der Waals surface area contributed by atoms with Gasteiger partial charge in [0.2, 0.25) is 15.9 Å². The van der Waals surface area contributed by atoms with Crippen LogP contribution in [0, 0.1) is 0 Å². The summed E-state index contributed by atoms with van der Waals surface area (Å²) in [4.78, 5) is 14.0. The SMILES string of the molecule is COc1ccc(Cl)cc1N(CCC(=O)N(C)c1ccccc1)S(C)(=O)=O. The average Bonchev–Trinajstić information content (AvgIpc) is 2.61. The molecule has 0 radical (unpaired) electrons. The summed E-state index contributed by atoms with van der Waals surface area (Å²) < 4.78 is 30.9. The monoisotopic (exact) mass is 396 g/mol. The van der Waals surface area contributed by atoms with Gasteiger partial charge in [-0.15, -0.1) is 0 Å². The van der Waals surface area contributed by atoms with Crippen LogP contribution in [0.4, 0.5) is 11.4 Å². The van der Waals surface area contributed by atoms with Gasteiger partial charge in [0.15, 0.2) is 0 Å². The lowest BCUT2D eigenvalue weighted by Gasteiger charge is -2.25. The van der Waals surface area contributed by atoms with Crippen LogP contribution >= 0.6 is 11.6 Å². The number of sulfonamides is 1. The first-order chi connectivity index (χ1) is 12.2. The minimum absolute atomic E-state index is 0.00807. The summed E-state index contributed by atoms with van der Waals surface area (Å²) in [5, 5.41) is 0.377. The quantitative estimate of drug-likeness (QED) is 0.721. The molecule has 0 unspecified atom stereocenters. The van der Waals surface area contributed by atoms with Crippen LogP contribution in [0.1, 0.15) is 6.42 Å². The molecule has 0 heterocycles. The lowest BCUT2D eigenvalue weighted by molar-refractivity contribution is -0.118. The topological polar surface area (TPSA) is 66.9 Å². The third-order valence-electron chi connectivity index (χ3n) is 3.86. The smallest absolute Gasteiger partial charge is 0.232 e. The van der Waals surface area contributed by atoms with E-state index in [-0.39, 0.29) is 18.9 Å². The number of halogens is 1. The highest BCUT2D eigenvalue weighted by molar-refractivity contribution is 7.92.